The summed E-state index contributed by atoms with van der Waals surface area (Å²) < 4.78 is 37.7. The molecular formula is C17H16BrN3O5S. The summed E-state index contributed by atoms with van der Waals surface area (Å²) in [6.07, 6.45) is 0. The van der Waals surface area contributed by atoms with Crippen LogP contribution in [0, 0.1) is 0 Å². The number of rotatable bonds is 3. The first kappa shape index (κ1) is 18.4. The molecule has 27 heavy (non-hydrogen) atoms. The van der Waals surface area contributed by atoms with Crippen molar-refractivity contribution in [2.75, 3.05) is 33.4 Å². The van der Waals surface area contributed by atoms with Gasteiger partial charge in [0.25, 0.3) is 0 Å². The first-order valence-electron chi connectivity index (χ1n) is 8.20. The van der Waals surface area contributed by atoms with Crippen LogP contribution in [0.3, 0.4) is 0 Å². The Kier molecular flexibility index (Phi) is 4.66. The molecule has 0 saturated carbocycles. The molecule has 2 aromatic heterocycles. The highest BCUT2D eigenvalue weighted by Crippen LogP contribution is 2.31. The summed E-state index contributed by atoms with van der Waals surface area (Å²) in [5, 5.41) is 0.720. The molecule has 0 atom stereocenters. The third kappa shape index (κ3) is 3.12. The van der Waals surface area contributed by atoms with Gasteiger partial charge in [-0.3, -0.25) is 0 Å². The summed E-state index contributed by atoms with van der Waals surface area (Å²) >= 11 is 3.30. The number of pyridine rings is 1. The van der Waals surface area contributed by atoms with Gasteiger partial charge < -0.3 is 14.5 Å². The Labute approximate surface area is 163 Å². The van der Waals surface area contributed by atoms with Gasteiger partial charge in [-0.2, -0.15) is 4.31 Å². The van der Waals surface area contributed by atoms with Crippen molar-refractivity contribution in [1.82, 2.24) is 14.3 Å². The highest BCUT2D eigenvalue weighted by atomic mass is 79.9. The van der Waals surface area contributed by atoms with Crippen molar-refractivity contribution in [3.63, 3.8) is 0 Å². The van der Waals surface area contributed by atoms with Crippen molar-refractivity contribution >= 4 is 53.9 Å². The number of benzene rings is 1. The number of sulfonamides is 1. The second-order valence-electron chi connectivity index (χ2n) is 6.06. The molecule has 1 saturated heterocycles. The van der Waals surface area contributed by atoms with E-state index in [1.165, 1.54) is 11.4 Å². The maximum Gasteiger partial charge on any atom is 0.340 e. The van der Waals surface area contributed by atoms with E-state index in [-0.39, 0.29) is 4.90 Å². The molecule has 0 bridgehead atoms. The van der Waals surface area contributed by atoms with Crippen LogP contribution in [0.1, 0.15) is 10.4 Å². The van der Waals surface area contributed by atoms with E-state index in [0.717, 1.165) is 5.39 Å². The molecule has 1 aromatic carbocycles. The molecule has 8 nitrogen and oxygen atoms in total. The summed E-state index contributed by atoms with van der Waals surface area (Å²) in [7, 11) is -2.31. The van der Waals surface area contributed by atoms with Crippen LogP contribution in [0.2, 0.25) is 0 Å². The molecule has 0 amide bonds. The van der Waals surface area contributed by atoms with Gasteiger partial charge in [-0.15, -0.1) is 0 Å². The minimum Gasteiger partial charge on any atom is -0.465 e. The van der Waals surface area contributed by atoms with E-state index in [2.05, 4.69) is 25.9 Å². The fraction of sp³-hybridized carbons (Fsp3) is 0.294. The number of fused-ring (bicyclic) bond motifs is 3. The molecule has 1 aliphatic rings. The van der Waals surface area contributed by atoms with E-state index >= 15 is 0 Å². The molecule has 3 heterocycles. The van der Waals surface area contributed by atoms with E-state index in [9.17, 15) is 13.2 Å². The van der Waals surface area contributed by atoms with Gasteiger partial charge in [0.05, 0.1) is 41.8 Å². The average Bonchev–Trinajstić information content (AvgIpc) is 3.05. The zero-order valence-corrected chi connectivity index (χ0v) is 16.8. The molecule has 1 fully saturated rings. The SMILES string of the molecule is COC(=O)c1cc(Br)nc2c1[nH]c1cc(S(=O)(=O)N3CCOCC3)ccc12. The molecule has 1 aliphatic heterocycles. The van der Waals surface area contributed by atoms with Crippen LogP contribution in [0.5, 0.6) is 0 Å². The molecule has 0 radical (unpaired) electrons. The summed E-state index contributed by atoms with van der Waals surface area (Å²) in [6.45, 7) is 1.42. The number of aromatic nitrogens is 2. The monoisotopic (exact) mass is 453 g/mol. The maximum absolute atomic E-state index is 12.9. The zero-order chi connectivity index (χ0) is 19.2. The minimum absolute atomic E-state index is 0.183. The summed E-state index contributed by atoms with van der Waals surface area (Å²) in [4.78, 5) is 19.8. The van der Waals surface area contributed by atoms with Gasteiger partial charge in [-0.25, -0.2) is 18.2 Å². The van der Waals surface area contributed by atoms with Gasteiger partial charge in [-0.05, 0) is 40.2 Å². The van der Waals surface area contributed by atoms with Crippen LogP contribution < -0.4 is 0 Å². The van der Waals surface area contributed by atoms with Gasteiger partial charge in [0.15, 0.2) is 0 Å². The molecule has 0 aliphatic carbocycles. The third-order valence-electron chi connectivity index (χ3n) is 4.51. The number of halogens is 1. The van der Waals surface area contributed by atoms with Crippen LogP contribution in [-0.2, 0) is 19.5 Å². The van der Waals surface area contributed by atoms with Crippen molar-refractivity contribution in [1.29, 1.82) is 0 Å². The topological polar surface area (TPSA) is 102 Å². The Hall–Kier alpha value is -2.01. The Morgan fingerprint density at radius 2 is 2.04 bits per heavy atom. The number of hydrogen-bond donors (Lipinski definition) is 1. The molecule has 1 N–H and O–H groups in total. The van der Waals surface area contributed by atoms with E-state index < -0.39 is 16.0 Å². The predicted molar refractivity (Wildman–Crippen MR) is 102 cm³/mol. The predicted octanol–water partition coefficient (Wildman–Crippen LogP) is 2.29. The Morgan fingerprint density at radius 3 is 2.74 bits per heavy atom. The normalized spacial score (nSPS) is 16.1. The van der Waals surface area contributed by atoms with E-state index in [1.54, 1.807) is 24.3 Å². The van der Waals surface area contributed by atoms with Crippen molar-refractivity contribution in [3.8, 4) is 0 Å². The number of hydrogen-bond acceptors (Lipinski definition) is 6. The quantitative estimate of drug-likeness (QED) is 0.482. The third-order valence-corrected chi connectivity index (χ3v) is 6.81. The molecule has 0 unspecified atom stereocenters. The second kappa shape index (κ2) is 6.86. The lowest BCUT2D eigenvalue weighted by atomic mass is 10.2. The number of esters is 1. The fourth-order valence-electron chi connectivity index (χ4n) is 3.17. The number of nitrogens with one attached hydrogen (secondary N) is 1. The zero-order valence-electron chi connectivity index (χ0n) is 14.4. The van der Waals surface area contributed by atoms with Crippen LogP contribution in [0.15, 0.2) is 33.8 Å². The van der Waals surface area contributed by atoms with Gasteiger partial charge in [-0.1, -0.05) is 0 Å². The number of carbonyl (C=O) groups excluding carboxylic acids is 1. The standard InChI is InChI=1S/C17H16BrN3O5S/c1-25-17(22)12-9-14(18)20-15-11-3-2-10(8-13(11)19-16(12)15)27(23,24)21-4-6-26-7-5-21/h2-3,8-9,19H,4-7H2,1H3. The van der Waals surface area contributed by atoms with Crippen molar-refractivity contribution < 1.29 is 22.7 Å². The van der Waals surface area contributed by atoms with E-state index in [1.807, 2.05) is 0 Å². The van der Waals surface area contributed by atoms with Crippen molar-refractivity contribution in [3.05, 3.63) is 34.4 Å². The number of nitrogens with zero attached hydrogens (tertiary/aromatic N) is 2. The maximum atomic E-state index is 12.9. The smallest absolute Gasteiger partial charge is 0.340 e. The van der Waals surface area contributed by atoms with Gasteiger partial charge in [0.2, 0.25) is 10.0 Å². The molecule has 4 rings (SSSR count). The number of ether oxygens (including phenoxy) is 2. The molecule has 0 spiro atoms. The van der Waals surface area contributed by atoms with Crippen LogP contribution >= 0.6 is 15.9 Å². The summed E-state index contributed by atoms with van der Waals surface area (Å²) in [5.41, 5.74) is 1.97. The van der Waals surface area contributed by atoms with Gasteiger partial charge in [0, 0.05) is 24.0 Å². The lowest BCUT2D eigenvalue weighted by Crippen LogP contribution is -2.40. The lowest BCUT2D eigenvalue weighted by Gasteiger charge is -2.26. The Balaban J connectivity index is 1.88. The van der Waals surface area contributed by atoms with E-state index in [4.69, 9.17) is 9.47 Å². The molecule has 142 valence electrons. The van der Waals surface area contributed by atoms with Crippen LogP contribution in [0.4, 0.5) is 0 Å². The summed E-state index contributed by atoms with van der Waals surface area (Å²) in [5.74, 6) is -0.504. The highest BCUT2D eigenvalue weighted by molar-refractivity contribution is 9.10. The van der Waals surface area contributed by atoms with Crippen LogP contribution in [0.25, 0.3) is 21.9 Å². The Morgan fingerprint density at radius 1 is 1.30 bits per heavy atom. The van der Waals surface area contributed by atoms with Crippen molar-refractivity contribution in [2.45, 2.75) is 4.90 Å². The highest BCUT2D eigenvalue weighted by Gasteiger charge is 2.27. The van der Waals surface area contributed by atoms with Gasteiger partial charge in [0.1, 0.15) is 4.60 Å². The molecular weight excluding hydrogens is 438 g/mol. The number of aromatic amines is 1. The number of morpholine rings is 1. The van der Waals surface area contributed by atoms with Gasteiger partial charge >= 0.3 is 5.97 Å². The largest absolute Gasteiger partial charge is 0.465 e. The van der Waals surface area contributed by atoms with Crippen LogP contribution in [-0.4, -0.2) is 62.1 Å². The first-order valence-corrected chi connectivity index (χ1v) is 10.4. The molecule has 10 heteroatoms. The summed E-state index contributed by atoms with van der Waals surface area (Å²) in [6, 6.07) is 6.38. The second-order valence-corrected chi connectivity index (χ2v) is 8.81. The molecule has 3 aromatic rings. The number of methoxy groups -OCH3 is 1. The number of H-pyrrole nitrogens is 1. The Bertz CT molecular complexity index is 1150. The number of carbonyl (C=O) groups is 1. The fourth-order valence-corrected chi connectivity index (χ4v) is 5.01. The average molecular weight is 454 g/mol. The lowest BCUT2D eigenvalue weighted by molar-refractivity contribution is 0.0602. The van der Waals surface area contributed by atoms with Crippen molar-refractivity contribution in [2.24, 2.45) is 0 Å². The first-order chi connectivity index (χ1) is 12.9. The van der Waals surface area contributed by atoms with E-state index in [0.29, 0.717) is 53.0 Å². The minimum atomic E-state index is -3.62.